The molecule has 1 aromatic heterocycles. The minimum absolute atomic E-state index is 0.204. The average molecular weight is 323 g/mol. The normalized spacial score (nSPS) is 12.0. The molecule has 24 heavy (non-hydrogen) atoms. The van der Waals surface area contributed by atoms with Gasteiger partial charge in [0.1, 0.15) is 0 Å². The van der Waals surface area contributed by atoms with E-state index in [1.807, 2.05) is 18.2 Å². The van der Waals surface area contributed by atoms with Gasteiger partial charge in [-0.15, -0.1) is 0 Å². The Hall–Kier alpha value is -3.15. The molecule has 0 radical (unpaired) electrons. The van der Waals surface area contributed by atoms with Gasteiger partial charge in [-0.05, 0) is 42.3 Å². The van der Waals surface area contributed by atoms with Crippen LogP contribution in [0.2, 0.25) is 0 Å². The van der Waals surface area contributed by atoms with Crippen molar-refractivity contribution in [3.05, 3.63) is 59.8 Å². The molecule has 1 unspecified atom stereocenters. The molecule has 122 valence electrons. The third kappa shape index (κ3) is 3.43. The molecule has 6 heteroatoms. The first-order valence-electron chi connectivity index (χ1n) is 7.59. The van der Waals surface area contributed by atoms with Crippen molar-refractivity contribution < 1.29 is 14.7 Å². The number of benzene rings is 2. The van der Waals surface area contributed by atoms with Crippen LogP contribution < -0.4 is 5.32 Å². The number of carbonyl (C=O) groups excluding carboxylic acids is 1. The molecule has 0 aliphatic heterocycles. The number of aromatic amines is 1. The summed E-state index contributed by atoms with van der Waals surface area (Å²) < 4.78 is 0. The maximum absolute atomic E-state index is 12.3. The number of carbonyl (C=O) groups is 2. The maximum Gasteiger partial charge on any atom is 0.306 e. The van der Waals surface area contributed by atoms with E-state index < -0.39 is 11.9 Å². The molecule has 3 rings (SSSR count). The van der Waals surface area contributed by atoms with E-state index in [1.165, 1.54) is 0 Å². The van der Waals surface area contributed by atoms with Gasteiger partial charge in [0.25, 0.3) is 5.91 Å². The highest BCUT2D eigenvalue weighted by atomic mass is 16.4. The summed E-state index contributed by atoms with van der Waals surface area (Å²) in [4.78, 5) is 23.2. The first-order chi connectivity index (χ1) is 11.5. The Labute approximate surface area is 138 Å². The molecule has 0 fully saturated rings. The average Bonchev–Trinajstić information content (AvgIpc) is 3.04. The fourth-order valence-electron chi connectivity index (χ4n) is 2.45. The molecule has 0 saturated carbocycles. The fourth-order valence-corrected chi connectivity index (χ4v) is 2.45. The molecular weight excluding hydrogens is 306 g/mol. The zero-order valence-corrected chi connectivity index (χ0v) is 13.1. The van der Waals surface area contributed by atoms with Crippen LogP contribution in [0.4, 0.5) is 5.69 Å². The van der Waals surface area contributed by atoms with E-state index in [2.05, 4.69) is 15.5 Å². The van der Waals surface area contributed by atoms with Gasteiger partial charge in [0, 0.05) is 16.6 Å². The Morgan fingerprint density at radius 3 is 2.67 bits per heavy atom. The molecule has 1 atom stereocenters. The molecular formula is C18H17N3O3. The van der Waals surface area contributed by atoms with Crippen molar-refractivity contribution in [3.8, 4) is 0 Å². The van der Waals surface area contributed by atoms with Crippen LogP contribution in [-0.2, 0) is 11.2 Å². The van der Waals surface area contributed by atoms with Crippen LogP contribution in [-0.4, -0.2) is 27.2 Å². The summed E-state index contributed by atoms with van der Waals surface area (Å²) in [5, 5.41) is 19.4. The molecule has 6 nitrogen and oxygen atoms in total. The molecule has 3 N–H and O–H groups in total. The smallest absolute Gasteiger partial charge is 0.306 e. The first kappa shape index (κ1) is 15.7. The summed E-state index contributed by atoms with van der Waals surface area (Å²) in [5.74, 6) is -1.46. The molecule has 2 aromatic carbocycles. The number of rotatable bonds is 5. The minimum atomic E-state index is -0.818. The van der Waals surface area contributed by atoms with Crippen molar-refractivity contribution in [2.45, 2.75) is 13.3 Å². The number of H-pyrrole nitrogens is 1. The van der Waals surface area contributed by atoms with E-state index in [1.54, 1.807) is 37.4 Å². The minimum Gasteiger partial charge on any atom is -0.481 e. The lowest BCUT2D eigenvalue weighted by Crippen LogP contribution is -2.13. The number of nitrogens with zero attached hydrogens (tertiary/aromatic N) is 1. The lowest BCUT2D eigenvalue weighted by Gasteiger charge is -2.09. The molecule has 0 saturated heterocycles. The predicted molar refractivity (Wildman–Crippen MR) is 91.0 cm³/mol. The van der Waals surface area contributed by atoms with Crippen LogP contribution in [0.25, 0.3) is 10.9 Å². The maximum atomic E-state index is 12.3. The largest absolute Gasteiger partial charge is 0.481 e. The Balaban J connectivity index is 1.68. The monoisotopic (exact) mass is 323 g/mol. The molecule has 3 aromatic rings. The van der Waals surface area contributed by atoms with Gasteiger partial charge < -0.3 is 10.4 Å². The van der Waals surface area contributed by atoms with Crippen molar-refractivity contribution in [1.29, 1.82) is 0 Å². The van der Waals surface area contributed by atoms with E-state index in [4.69, 9.17) is 5.11 Å². The highest BCUT2D eigenvalue weighted by molar-refractivity contribution is 6.06. The van der Waals surface area contributed by atoms with Crippen LogP contribution in [0.5, 0.6) is 0 Å². The Morgan fingerprint density at radius 1 is 1.21 bits per heavy atom. The lowest BCUT2D eigenvalue weighted by molar-refractivity contribution is -0.141. The van der Waals surface area contributed by atoms with Gasteiger partial charge in [-0.3, -0.25) is 14.7 Å². The second-order valence-corrected chi connectivity index (χ2v) is 5.77. The summed E-state index contributed by atoms with van der Waals surface area (Å²) in [5.41, 5.74) is 3.01. The van der Waals surface area contributed by atoms with Crippen LogP contribution in [0, 0.1) is 5.92 Å². The van der Waals surface area contributed by atoms with Crippen molar-refractivity contribution in [3.63, 3.8) is 0 Å². The lowest BCUT2D eigenvalue weighted by atomic mass is 10.0. The molecule has 1 heterocycles. The highest BCUT2D eigenvalue weighted by Gasteiger charge is 2.12. The summed E-state index contributed by atoms with van der Waals surface area (Å²) in [7, 11) is 0. The molecule has 0 bridgehead atoms. The van der Waals surface area contributed by atoms with E-state index in [9.17, 15) is 9.59 Å². The SMILES string of the molecule is CC(Cc1ccc(NC(=O)c2ccc3[nH]ncc3c2)cc1)C(=O)O. The topological polar surface area (TPSA) is 95.1 Å². The third-order valence-corrected chi connectivity index (χ3v) is 3.88. The van der Waals surface area contributed by atoms with Crippen molar-refractivity contribution in [1.82, 2.24) is 10.2 Å². The van der Waals surface area contributed by atoms with Crippen LogP contribution >= 0.6 is 0 Å². The van der Waals surface area contributed by atoms with E-state index in [-0.39, 0.29) is 5.91 Å². The van der Waals surface area contributed by atoms with Crippen LogP contribution in [0.3, 0.4) is 0 Å². The fraction of sp³-hybridized carbons (Fsp3) is 0.167. The number of fused-ring (bicyclic) bond motifs is 1. The first-order valence-corrected chi connectivity index (χ1v) is 7.59. The molecule has 0 spiro atoms. The van der Waals surface area contributed by atoms with Gasteiger partial charge in [0.2, 0.25) is 0 Å². The van der Waals surface area contributed by atoms with Gasteiger partial charge >= 0.3 is 5.97 Å². The number of aliphatic carboxylic acids is 1. The molecule has 0 aliphatic rings. The number of anilines is 1. The standard InChI is InChI=1S/C18H17N3O3/c1-11(18(23)24)8-12-2-5-15(6-3-12)20-17(22)13-4-7-16-14(9-13)10-19-21-16/h2-7,9-11H,8H2,1H3,(H,19,21)(H,20,22)(H,23,24). The number of hydrogen-bond acceptors (Lipinski definition) is 3. The van der Waals surface area contributed by atoms with Gasteiger partial charge in [-0.25, -0.2) is 0 Å². The third-order valence-electron chi connectivity index (χ3n) is 3.88. The van der Waals surface area contributed by atoms with Crippen molar-refractivity contribution in [2.24, 2.45) is 5.92 Å². The van der Waals surface area contributed by atoms with Gasteiger partial charge in [0.15, 0.2) is 0 Å². The van der Waals surface area contributed by atoms with E-state index in [0.29, 0.717) is 17.7 Å². The quantitative estimate of drug-likeness (QED) is 0.672. The van der Waals surface area contributed by atoms with E-state index in [0.717, 1.165) is 16.5 Å². The van der Waals surface area contributed by atoms with Crippen LogP contribution in [0.15, 0.2) is 48.7 Å². The zero-order valence-electron chi connectivity index (χ0n) is 13.1. The molecule has 1 amide bonds. The predicted octanol–water partition coefficient (Wildman–Crippen LogP) is 3.08. The number of nitrogens with one attached hydrogen (secondary N) is 2. The van der Waals surface area contributed by atoms with Gasteiger partial charge in [-0.2, -0.15) is 5.10 Å². The molecule has 0 aliphatic carbocycles. The number of aromatic nitrogens is 2. The summed E-state index contributed by atoms with van der Waals surface area (Å²) in [6, 6.07) is 12.5. The summed E-state index contributed by atoms with van der Waals surface area (Å²) in [6.07, 6.45) is 2.13. The Kier molecular flexibility index (Phi) is 4.29. The number of hydrogen-bond donors (Lipinski definition) is 3. The second kappa shape index (κ2) is 6.54. The number of carboxylic acid groups (broad SMARTS) is 1. The van der Waals surface area contributed by atoms with Crippen LogP contribution in [0.1, 0.15) is 22.8 Å². The number of amides is 1. The van der Waals surface area contributed by atoms with E-state index >= 15 is 0 Å². The Bertz CT molecular complexity index is 884. The van der Waals surface area contributed by atoms with Crippen molar-refractivity contribution in [2.75, 3.05) is 5.32 Å². The Morgan fingerprint density at radius 2 is 1.96 bits per heavy atom. The van der Waals surface area contributed by atoms with Crippen molar-refractivity contribution >= 4 is 28.5 Å². The summed E-state index contributed by atoms with van der Waals surface area (Å²) in [6.45, 7) is 1.67. The zero-order chi connectivity index (χ0) is 17.1. The highest BCUT2D eigenvalue weighted by Crippen LogP contribution is 2.17. The second-order valence-electron chi connectivity index (χ2n) is 5.77. The van der Waals surface area contributed by atoms with Gasteiger partial charge in [-0.1, -0.05) is 19.1 Å². The number of carboxylic acids is 1. The summed E-state index contributed by atoms with van der Waals surface area (Å²) >= 11 is 0. The van der Waals surface area contributed by atoms with Gasteiger partial charge in [0.05, 0.1) is 17.6 Å².